The maximum atomic E-state index is 12.4. The molecule has 0 fully saturated rings. The second-order valence-electron chi connectivity index (χ2n) is 5.04. The normalized spacial score (nSPS) is 11.9. The minimum atomic E-state index is -1.48. The van der Waals surface area contributed by atoms with Gasteiger partial charge in [0.2, 0.25) is 5.91 Å². The first-order valence-electron chi connectivity index (χ1n) is 7.30. The van der Waals surface area contributed by atoms with Crippen molar-refractivity contribution in [3.05, 3.63) is 42.5 Å². The lowest BCUT2D eigenvalue weighted by Crippen LogP contribution is -2.42. The zero-order chi connectivity index (χ0) is 16.7. The van der Waals surface area contributed by atoms with Gasteiger partial charge in [0.15, 0.2) is 6.04 Å². The van der Waals surface area contributed by atoms with Gasteiger partial charge in [-0.15, -0.1) is 0 Å². The summed E-state index contributed by atoms with van der Waals surface area (Å²) in [6.45, 7) is -0.817. The van der Waals surface area contributed by atoms with Gasteiger partial charge in [0.25, 0.3) is 0 Å². The van der Waals surface area contributed by atoms with Gasteiger partial charge in [0.1, 0.15) is 12.4 Å². The van der Waals surface area contributed by atoms with Crippen LogP contribution < -0.4 is 10.1 Å². The molecule has 122 valence electrons. The molecule has 1 unspecified atom stereocenters. The van der Waals surface area contributed by atoms with Crippen LogP contribution in [0.5, 0.6) is 5.75 Å². The number of fused-ring (bicyclic) bond motifs is 1. The van der Waals surface area contributed by atoms with Crippen molar-refractivity contribution in [2.45, 2.75) is 18.9 Å². The quantitative estimate of drug-likeness (QED) is 0.733. The third kappa shape index (κ3) is 4.67. The van der Waals surface area contributed by atoms with E-state index in [1.165, 1.54) is 0 Å². The van der Waals surface area contributed by atoms with Gasteiger partial charge in [-0.25, -0.2) is 9.18 Å². The predicted octanol–water partition coefficient (Wildman–Crippen LogP) is 2.54. The van der Waals surface area contributed by atoms with Gasteiger partial charge >= 0.3 is 5.97 Å². The van der Waals surface area contributed by atoms with Gasteiger partial charge in [0, 0.05) is 11.8 Å². The van der Waals surface area contributed by atoms with E-state index in [0.717, 1.165) is 16.5 Å². The van der Waals surface area contributed by atoms with Crippen LogP contribution in [0.2, 0.25) is 0 Å². The number of rotatable bonds is 8. The Hall–Kier alpha value is -2.63. The lowest BCUT2D eigenvalue weighted by Gasteiger charge is -2.11. The Labute approximate surface area is 133 Å². The molecular weight excluding hydrogens is 301 g/mol. The lowest BCUT2D eigenvalue weighted by atomic mass is 10.1. The fraction of sp³-hybridized carbons (Fsp3) is 0.294. The van der Waals surface area contributed by atoms with Crippen molar-refractivity contribution in [1.29, 1.82) is 0 Å². The van der Waals surface area contributed by atoms with Crippen molar-refractivity contribution < 1.29 is 23.8 Å². The highest BCUT2D eigenvalue weighted by atomic mass is 19.1. The molecule has 0 saturated heterocycles. The highest BCUT2D eigenvalue weighted by Crippen LogP contribution is 2.25. The summed E-state index contributed by atoms with van der Waals surface area (Å²) in [6, 6.07) is 12.1. The average molecular weight is 319 g/mol. The lowest BCUT2D eigenvalue weighted by molar-refractivity contribution is -0.142. The van der Waals surface area contributed by atoms with Crippen LogP contribution in [0.4, 0.5) is 4.39 Å². The van der Waals surface area contributed by atoms with Crippen LogP contribution in [0, 0.1) is 0 Å². The van der Waals surface area contributed by atoms with E-state index in [9.17, 15) is 14.0 Å². The standard InChI is InChI=1S/C17H18FNO4/c18-11-14(17(21)22)19-16(20)9-4-10-23-15-8-3-6-12-5-1-2-7-13(12)15/h1-3,5-8,14H,4,9-11H2,(H,19,20)(H,21,22). The van der Waals surface area contributed by atoms with Gasteiger partial charge in [-0.05, 0) is 17.9 Å². The molecule has 0 aliphatic carbocycles. The summed E-state index contributed by atoms with van der Waals surface area (Å²) in [7, 11) is 0. The molecular formula is C17H18FNO4. The molecule has 0 aliphatic heterocycles. The number of hydrogen-bond donors (Lipinski definition) is 2. The number of amides is 1. The van der Waals surface area contributed by atoms with Crippen LogP contribution in [0.1, 0.15) is 12.8 Å². The van der Waals surface area contributed by atoms with Gasteiger partial charge in [-0.1, -0.05) is 36.4 Å². The SMILES string of the molecule is O=C(CCCOc1cccc2ccccc12)NC(CF)C(=O)O. The van der Waals surface area contributed by atoms with Gasteiger partial charge in [-0.3, -0.25) is 4.79 Å². The van der Waals surface area contributed by atoms with E-state index in [1.54, 1.807) is 0 Å². The molecule has 0 bridgehead atoms. The minimum Gasteiger partial charge on any atom is -0.493 e. The van der Waals surface area contributed by atoms with Crippen LogP contribution in [0.3, 0.4) is 0 Å². The molecule has 0 spiro atoms. The zero-order valence-electron chi connectivity index (χ0n) is 12.5. The average Bonchev–Trinajstić information content (AvgIpc) is 2.56. The largest absolute Gasteiger partial charge is 0.493 e. The molecule has 0 heterocycles. The van der Waals surface area contributed by atoms with E-state index in [2.05, 4.69) is 5.32 Å². The van der Waals surface area contributed by atoms with Crippen molar-refractivity contribution in [3.8, 4) is 5.75 Å². The maximum absolute atomic E-state index is 12.4. The van der Waals surface area contributed by atoms with Crippen LogP contribution >= 0.6 is 0 Å². The number of aliphatic carboxylic acids is 1. The van der Waals surface area contributed by atoms with Crippen molar-refractivity contribution in [1.82, 2.24) is 5.32 Å². The molecule has 6 heteroatoms. The number of carboxylic acids is 1. The Morgan fingerprint density at radius 1 is 1.17 bits per heavy atom. The number of carbonyl (C=O) groups is 2. The van der Waals surface area contributed by atoms with E-state index in [1.807, 2.05) is 42.5 Å². The number of carbonyl (C=O) groups excluding carboxylic acids is 1. The van der Waals surface area contributed by atoms with Crippen molar-refractivity contribution in [2.24, 2.45) is 0 Å². The highest BCUT2D eigenvalue weighted by molar-refractivity contribution is 5.88. The van der Waals surface area contributed by atoms with E-state index >= 15 is 0 Å². The van der Waals surface area contributed by atoms with Crippen molar-refractivity contribution in [2.75, 3.05) is 13.3 Å². The zero-order valence-corrected chi connectivity index (χ0v) is 12.5. The number of ether oxygens (including phenoxy) is 1. The summed E-state index contributed by atoms with van der Waals surface area (Å²) < 4.78 is 18.1. The molecule has 23 heavy (non-hydrogen) atoms. The number of benzene rings is 2. The van der Waals surface area contributed by atoms with Crippen LogP contribution in [0.25, 0.3) is 10.8 Å². The molecule has 0 aromatic heterocycles. The first-order valence-corrected chi connectivity index (χ1v) is 7.30. The van der Waals surface area contributed by atoms with Crippen LogP contribution in [-0.4, -0.2) is 36.3 Å². The Morgan fingerprint density at radius 3 is 2.65 bits per heavy atom. The number of alkyl halides is 1. The molecule has 1 atom stereocenters. The molecule has 2 N–H and O–H groups in total. The van der Waals surface area contributed by atoms with E-state index in [4.69, 9.17) is 9.84 Å². The fourth-order valence-corrected chi connectivity index (χ4v) is 2.17. The first-order chi connectivity index (χ1) is 11.1. The Bertz CT molecular complexity index is 684. The minimum absolute atomic E-state index is 0.0779. The maximum Gasteiger partial charge on any atom is 0.328 e. The fourth-order valence-electron chi connectivity index (χ4n) is 2.17. The Balaban J connectivity index is 1.81. The summed E-state index contributed by atoms with van der Waals surface area (Å²) in [5, 5.41) is 12.8. The van der Waals surface area contributed by atoms with E-state index in [0.29, 0.717) is 13.0 Å². The van der Waals surface area contributed by atoms with Crippen molar-refractivity contribution in [3.63, 3.8) is 0 Å². The topological polar surface area (TPSA) is 75.6 Å². The van der Waals surface area contributed by atoms with Gasteiger partial charge in [-0.2, -0.15) is 0 Å². The number of nitrogens with one attached hydrogen (secondary N) is 1. The molecule has 5 nitrogen and oxygen atoms in total. The third-order valence-corrected chi connectivity index (χ3v) is 3.34. The van der Waals surface area contributed by atoms with Crippen LogP contribution in [-0.2, 0) is 9.59 Å². The molecule has 0 saturated carbocycles. The van der Waals surface area contributed by atoms with Crippen molar-refractivity contribution >= 4 is 22.6 Å². The number of carboxylic acid groups (broad SMARTS) is 1. The summed E-state index contributed by atoms with van der Waals surface area (Å²) in [6.07, 6.45) is 0.488. The second kappa shape index (κ2) is 8.12. The molecule has 0 aliphatic rings. The molecule has 1 amide bonds. The summed E-state index contributed by atoms with van der Waals surface area (Å²) >= 11 is 0. The highest BCUT2D eigenvalue weighted by Gasteiger charge is 2.19. The van der Waals surface area contributed by atoms with Gasteiger partial charge in [0.05, 0.1) is 6.61 Å². The Morgan fingerprint density at radius 2 is 1.91 bits per heavy atom. The van der Waals surface area contributed by atoms with Crippen LogP contribution in [0.15, 0.2) is 42.5 Å². The third-order valence-electron chi connectivity index (χ3n) is 3.34. The molecule has 2 aromatic carbocycles. The summed E-state index contributed by atoms with van der Waals surface area (Å²) in [4.78, 5) is 22.2. The molecule has 2 aromatic rings. The first kappa shape index (κ1) is 16.7. The summed E-state index contributed by atoms with van der Waals surface area (Å²) in [5.74, 6) is -1.15. The Kier molecular flexibility index (Phi) is 5.91. The number of halogens is 1. The predicted molar refractivity (Wildman–Crippen MR) is 84.2 cm³/mol. The monoisotopic (exact) mass is 319 g/mol. The smallest absolute Gasteiger partial charge is 0.328 e. The summed E-state index contributed by atoms with van der Waals surface area (Å²) in [5.41, 5.74) is 0. The van der Waals surface area contributed by atoms with E-state index < -0.39 is 24.6 Å². The molecule has 0 radical (unpaired) electrons. The van der Waals surface area contributed by atoms with E-state index in [-0.39, 0.29) is 6.42 Å². The second-order valence-corrected chi connectivity index (χ2v) is 5.04. The molecule has 2 rings (SSSR count). The number of hydrogen-bond acceptors (Lipinski definition) is 3. The van der Waals surface area contributed by atoms with Gasteiger partial charge < -0.3 is 15.2 Å².